The van der Waals surface area contributed by atoms with Crippen LogP contribution in [0.3, 0.4) is 0 Å². The third-order valence-electron chi connectivity index (χ3n) is 5.02. The van der Waals surface area contributed by atoms with Gasteiger partial charge in [0.15, 0.2) is 0 Å². The topological polar surface area (TPSA) is 41.1 Å². The average molecular weight is 290 g/mol. The minimum absolute atomic E-state index is 0.173. The zero-order chi connectivity index (χ0) is 14.8. The van der Waals surface area contributed by atoms with E-state index in [1.165, 1.54) is 31.7 Å². The first kappa shape index (κ1) is 14.4. The van der Waals surface area contributed by atoms with Crippen LogP contribution in [-0.2, 0) is 0 Å². The van der Waals surface area contributed by atoms with E-state index < -0.39 is 0 Å². The summed E-state index contributed by atoms with van der Waals surface area (Å²) < 4.78 is 13.8. The number of halogens is 1. The lowest BCUT2D eigenvalue weighted by atomic mass is 9.89. The van der Waals surface area contributed by atoms with Crippen LogP contribution in [0.5, 0.6) is 0 Å². The van der Waals surface area contributed by atoms with Crippen molar-refractivity contribution in [2.45, 2.75) is 32.6 Å². The van der Waals surface area contributed by atoms with Gasteiger partial charge in [-0.05, 0) is 56.1 Å². The first-order valence-electron chi connectivity index (χ1n) is 7.99. The highest BCUT2D eigenvalue weighted by Crippen LogP contribution is 2.47. The van der Waals surface area contributed by atoms with E-state index in [0.29, 0.717) is 23.7 Å². The van der Waals surface area contributed by atoms with Crippen LogP contribution in [-0.4, -0.2) is 19.0 Å². The monoisotopic (exact) mass is 290 g/mol. The fraction of sp³-hybridized carbons (Fsp3) is 0.588. The fourth-order valence-electron chi connectivity index (χ4n) is 4.02. The fourth-order valence-corrected chi connectivity index (χ4v) is 4.02. The lowest BCUT2D eigenvalue weighted by molar-refractivity contribution is 0.0942. The molecule has 2 bridgehead atoms. The molecule has 2 aliphatic rings. The standard InChI is InChI=1S/C17H23FN2O/c1-2-19-16-14(4-3-5-15(16)18)17(21)20-10-13-9-11-6-7-12(13)8-11/h3-5,11-13,19H,2,6-10H2,1H3,(H,20,21). The Bertz CT molecular complexity index is 532. The molecule has 0 aromatic heterocycles. The minimum Gasteiger partial charge on any atom is -0.382 e. The molecular weight excluding hydrogens is 267 g/mol. The average Bonchev–Trinajstić information content (AvgIpc) is 3.09. The highest BCUT2D eigenvalue weighted by Gasteiger charge is 2.39. The number of hydrogen-bond acceptors (Lipinski definition) is 2. The summed E-state index contributed by atoms with van der Waals surface area (Å²) in [5.74, 6) is 1.74. The normalized spacial score (nSPS) is 26.9. The van der Waals surface area contributed by atoms with Crippen molar-refractivity contribution in [1.82, 2.24) is 5.32 Å². The summed E-state index contributed by atoms with van der Waals surface area (Å²) in [5, 5.41) is 5.95. The Labute approximate surface area is 125 Å². The molecule has 0 spiro atoms. The molecule has 2 fully saturated rings. The molecule has 114 valence electrons. The summed E-state index contributed by atoms with van der Waals surface area (Å²) in [5.41, 5.74) is 0.713. The van der Waals surface area contributed by atoms with Gasteiger partial charge in [0.2, 0.25) is 0 Å². The van der Waals surface area contributed by atoms with Gasteiger partial charge in [-0.1, -0.05) is 12.5 Å². The number of para-hydroxylation sites is 1. The lowest BCUT2D eigenvalue weighted by Gasteiger charge is -2.22. The van der Waals surface area contributed by atoms with Crippen molar-refractivity contribution in [3.63, 3.8) is 0 Å². The second-order valence-electron chi connectivity index (χ2n) is 6.34. The van der Waals surface area contributed by atoms with Crippen LogP contribution in [0, 0.1) is 23.6 Å². The SMILES string of the molecule is CCNc1c(F)cccc1C(=O)NCC1CC2CCC1C2. The maximum Gasteiger partial charge on any atom is 0.253 e. The van der Waals surface area contributed by atoms with Gasteiger partial charge in [0.1, 0.15) is 5.82 Å². The zero-order valence-corrected chi connectivity index (χ0v) is 12.5. The number of anilines is 1. The van der Waals surface area contributed by atoms with E-state index in [9.17, 15) is 9.18 Å². The van der Waals surface area contributed by atoms with Gasteiger partial charge in [0, 0.05) is 13.1 Å². The van der Waals surface area contributed by atoms with Crippen LogP contribution in [0.2, 0.25) is 0 Å². The van der Waals surface area contributed by atoms with Gasteiger partial charge < -0.3 is 10.6 Å². The predicted octanol–water partition coefficient (Wildman–Crippen LogP) is 3.42. The Morgan fingerprint density at radius 3 is 2.86 bits per heavy atom. The molecule has 0 aliphatic heterocycles. The van der Waals surface area contributed by atoms with Crippen molar-refractivity contribution in [3.05, 3.63) is 29.6 Å². The van der Waals surface area contributed by atoms with E-state index >= 15 is 0 Å². The minimum atomic E-state index is -0.371. The molecule has 1 aromatic carbocycles. The van der Waals surface area contributed by atoms with Crippen molar-refractivity contribution in [2.24, 2.45) is 17.8 Å². The molecule has 3 rings (SSSR count). The number of carbonyl (C=O) groups is 1. The number of carbonyl (C=O) groups excluding carboxylic acids is 1. The number of hydrogen-bond donors (Lipinski definition) is 2. The Morgan fingerprint density at radius 1 is 1.33 bits per heavy atom. The Kier molecular flexibility index (Phi) is 4.13. The maximum absolute atomic E-state index is 13.8. The van der Waals surface area contributed by atoms with Crippen molar-refractivity contribution in [2.75, 3.05) is 18.4 Å². The molecule has 2 saturated carbocycles. The van der Waals surface area contributed by atoms with Crippen LogP contribution in [0.1, 0.15) is 43.0 Å². The van der Waals surface area contributed by atoms with Gasteiger partial charge in [-0.2, -0.15) is 0 Å². The molecule has 21 heavy (non-hydrogen) atoms. The van der Waals surface area contributed by atoms with Gasteiger partial charge in [0.05, 0.1) is 11.3 Å². The first-order valence-corrected chi connectivity index (χ1v) is 7.99. The molecule has 3 atom stereocenters. The number of nitrogens with one attached hydrogen (secondary N) is 2. The first-order chi connectivity index (χ1) is 10.2. The Morgan fingerprint density at radius 2 is 2.19 bits per heavy atom. The van der Waals surface area contributed by atoms with E-state index in [0.717, 1.165) is 18.4 Å². The molecule has 4 heteroatoms. The highest BCUT2D eigenvalue weighted by atomic mass is 19.1. The van der Waals surface area contributed by atoms with Crippen LogP contribution in [0.4, 0.5) is 10.1 Å². The molecule has 1 aromatic rings. The quantitative estimate of drug-likeness (QED) is 0.872. The molecule has 0 radical (unpaired) electrons. The molecule has 2 aliphatic carbocycles. The van der Waals surface area contributed by atoms with E-state index in [4.69, 9.17) is 0 Å². The largest absolute Gasteiger partial charge is 0.382 e. The highest BCUT2D eigenvalue weighted by molar-refractivity contribution is 5.99. The summed E-state index contributed by atoms with van der Waals surface area (Å²) in [7, 11) is 0. The van der Waals surface area contributed by atoms with Crippen LogP contribution >= 0.6 is 0 Å². The van der Waals surface area contributed by atoms with Crippen LogP contribution < -0.4 is 10.6 Å². The van der Waals surface area contributed by atoms with E-state index in [1.807, 2.05) is 6.92 Å². The number of benzene rings is 1. The molecule has 0 heterocycles. The molecule has 1 amide bonds. The summed E-state index contributed by atoms with van der Waals surface area (Å²) in [4.78, 5) is 12.3. The Balaban J connectivity index is 1.64. The van der Waals surface area contributed by atoms with Crippen molar-refractivity contribution in [1.29, 1.82) is 0 Å². The van der Waals surface area contributed by atoms with E-state index in [1.54, 1.807) is 12.1 Å². The van der Waals surface area contributed by atoms with Crippen LogP contribution in [0.15, 0.2) is 18.2 Å². The molecule has 0 saturated heterocycles. The van der Waals surface area contributed by atoms with Gasteiger partial charge in [-0.25, -0.2) is 4.39 Å². The smallest absolute Gasteiger partial charge is 0.253 e. The van der Waals surface area contributed by atoms with Gasteiger partial charge in [0.25, 0.3) is 5.91 Å². The van der Waals surface area contributed by atoms with Crippen molar-refractivity contribution < 1.29 is 9.18 Å². The second-order valence-corrected chi connectivity index (χ2v) is 6.34. The third kappa shape index (κ3) is 2.89. The number of rotatable bonds is 5. The van der Waals surface area contributed by atoms with Crippen molar-refractivity contribution in [3.8, 4) is 0 Å². The number of fused-ring (bicyclic) bond motifs is 2. The number of amides is 1. The van der Waals surface area contributed by atoms with E-state index in [-0.39, 0.29) is 11.7 Å². The zero-order valence-electron chi connectivity index (χ0n) is 12.5. The van der Waals surface area contributed by atoms with Gasteiger partial charge >= 0.3 is 0 Å². The predicted molar refractivity (Wildman–Crippen MR) is 81.8 cm³/mol. The van der Waals surface area contributed by atoms with E-state index in [2.05, 4.69) is 10.6 Å². The van der Waals surface area contributed by atoms with Gasteiger partial charge in [-0.3, -0.25) is 4.79 Å². The summed E-state index contributed by atoms with van der Waals surface area (Å²) in [6.45, 7) is 3.21. The molecule has 3 unspecified atom stereocenters. The third-order valence-corrected chi connectivity index (χ3v) is 5.02. The summed E-state index contributed by atoms with van der Waals surface area (Å²) in [6, 6.07) is 4.64. The molecule has 2 N–H and O–H groups in total. The molecule has 3 nitrogen and oxygen atoms in total. The second kappa shape index (κ2) is 6.04. The van der Waals surface area contributed by atoms with Crippen LogP contribution in [0.25, 0.3) is 0 Å². The molecular formula is C17H23FN2O. The van der Waals surface area contributed by atoms with Gasteiger partial charge in [-0.15, -0.1) is 0 Å². The summed E-state index contributed by atoms with van der Waals surface area (Å²) >= 11 is 0. The summed E-state index contributed by atoms with van der Waals surface area (Å²) in [6.07, 6.45) is 5.26. The maximum atomic E-state index is 13.8. The van der Waals surface area contributed by atoms with Crippen molar-refractivity contribution >= 4 is 11.6 Å². The lowest BCUT2D eigenvalue weighted by Crippen LogP contribution is -2.32. The Hall–Kier alpha value is -1.58.